The van der Waals surface area contributed by atoms with Gasteiger partial charge in [-0.05, 0) is 18.4 Å². The van der Waals surface area contributed by atoms with Crippen molar-refractivity contribution in [2.24, 2.45) is 0 Å². The Labute approximate surface area is 113 Å². The Morgan fingerprint density at radius 3 is 2.47 bits per heavy atom. The zero-order chi connectivity index (χ0) is 14.3. The van der Waals surface area contributed by atoms with Crippen molar-refractivity contribution in [2.45, 2.75) is 31.7 Å². The molecule has 19 heavy (non-hydrogen) atoms. The van der Waals surface area contributed by atoms with Crippen molar-refractivity contribution in [1.29, 1.82) is 0 Å². The Morgan fingerprint density at radius 2 is 2.00 bits per heavy atom. The van der Waals surface area contributed by atoms with E-state index in [1.54, 1.807) is 0 Å². The standard InChI is InChI=1S/C15H19NO3/c1-3-8-13(15(18)19)16-14(17)12(4-2)11-9-6-5-7-10-11/h3,5-7,9-10,12-13H,1,4,8H2,2H3,(H,16,17)(H,18,19). The third kappa shape index (κ3) is 4.25. The number of amides is 1. The summed E-state index contributed by atoms with van der Waals surface area (Å²) in [6.07, 6.45) is 2.32. The van der Waals surface area contributed by atoms with E-state index in [2.05, 4.69) is 11.9 Å². The zero-order valence-corrected chi connectivity index (χ0v) is 11.0. The first-order chi connectivity index (χ1) is 9.10. The van der Waals surface area contributed by atoms with Crippen LogP contribution in [0.15, 0.2) is 43.0 Å². The van der Waals surface area contributed by atoms with Crippen LogP contribution in [0.5, 0.6) is 0 Å². The molecule has 4 heteroatoms. The Balaban J connectivity index is 2.79. The van der Waals surface area contributed by atoms with E-state index in [0.29, 0.717) is 6.42 Å². The smallest absolute Gasteiger partial charge is 0.326 e. The molecular weight excluding hydrogens is 242 g/mol. The average molecular weight is 261 g/mol. The van der Waals surface area contributed by atoms with E-state index in [4.69, 9.17) is 5.11 Å². The molecule has 0 spiro atoms. The molecule has 4 nitrogen and oxygen atoms in total. The second-order valence-electron chi connectivity index (χ2n) is 4.30. The summed E-state index contributed by atoms with van der Waals surface area (Å²) >= 11 is 0. The van der Waals surface area contributed by atoms with E-state index >= 15 is 0 Å². The molecular formula is C15H19NO3. The minimum atomic E-state index is -1.05. The average Bonchev–Trinajstić information content (AvgIpc) is 2.40. The summed E-state index contributed by atoms with van der Waals surface area (Å²) in [6, 6.07) is 8.44. The summed E-state index contributed by atoms with van der Waals surface area (Å²) in [5, 5.41) is 11.6. The van der Waals surface area contributed by atoms with E-state index < -0.39 is 12.0 Å². The van der Waals surface area contributed by atoms with E-state index in [9.17, 15) is 9.59 Å². The lowest BCUT2D eigenvalue weighted by molar-refractivity contribution is -0.141. The zero-order valence-electron chi connectivity index (χ0n) is 11.0. The molecule has 0 fully saturated rings. The molecule has 0 aliphatic heterocycles. The molecule has 2 N–H and O–H groups in total. The van der Waals surface area contributed by atoms with Crippen LogP contribution < -0.4 is 5.32 Å². The molecule has 1 aromatic rings. The van der Waals surface area contributed by atoms with Crippen molar-refractivity contribution < 1.29 is 14.7 Å². The van der Waals surface area contributed by atoms with E-state index in [1.165, 1.54) is 6.08 Å². The van der Waals surface area contributed by atoms with Gasteiger partial charge in [0.25, 0.3) is 0 Å². The molecule has 0 saturated heterocycles. The number of benzene rings is 1. The third-order valence-electron chi connectivity index (χ3n) is 2.94. The van der Waals surface area contributed by atoms with Gasteiger partial charge in [0, 0.05) is 0 Å². The van der Waals surface area contributed by atoms with Crippen molar-refractivity contribution in [2.75, 3.05) is 0 Å². The predicted molar refractivity (Wildman–Crippen MR) is 73.9 cm³/mol. The molecule has 0 aromatic heterocycles. The number of rotatable bonds is 7. The molecule has 1 aromatic carbocycles. The summed E-state index contributed by atoms with van der Waals surface area (Å²) in [6.45, 7) is 5.40. The molecule has 2 unspecified atom stereocenters. The fourth-order valence-electron chi connectivity index (χ4n) is 1.92. The Kier molecular flexibility index (Phi) is 5.79. The van der Waals surface area contributed by atoms with Gasteiger partial charge in [-0.15, -0.1) is 6.58 Å². The number of nitrogens with one attached hydrogen (secondary N) is 1. The third-order valence-corrected chi connectivity index (χ3v) is 2.94. The van der Waals surface area contributed by atoms with Gasteiger partial charge in [0.15, 0.2) is 0 Å². The first kappa shape index (κ1) is 15.0. The van der Waals surface area contributed by atoms with Crippen molar-refractivity contribution in [3.8, 4) is 0 Å². The van der Waals surface area contributed by atoms with Crippen LogP contribution >= 0.6 is 0 Å². The van der Waals surface area contributed by atoms with Gasteiger partial charge in [-0.2, -0.15) is 0 Å². The van der Waals surface area contributed by atoms with Gasteiger partial charge in [0.05, 0.1) is 5.92 Å². The first-order valence-electron chi connectivity index (χ1n) is 6.29. The van der Waals surface area contributed by atoms with Crippen LogP contribution in [0.4, 0.5) is 0 Å². The summed E-state index contributed by atoms with van der Waals surface area (Å²) in [5.41, 5.74) is 0.894. The number of hydrogen-bond acceptors (Lipinski definition) is 2. The highest BCUT2D eigenvalue weighted by Crippen LogP contribution is 2.19. The fourth-order valence-corrected chi connectivity index (χ4v) is 1.92. The van der Waals surface area contributed by atoms with Gasteiger partial charge in [0.2, 0.25) is 5.91 Å². The van der Waals surface area contributed by atoms with Gasteiger partial charge in [-0.1, -0.05) is 43.3 Å². The second-order valence-corrected chi connectivity index (χ2v) is 4.30. The minimum absolute atomic E-state index is 0.215. The van der Waals surface area contributed by atoms with Crippen LogP contribution in [0.25, 0.3) is 0 Å². The van der Waals surface area contributed by atoms with Crippen molar-refractivity contribution in [3.63, 3.8) is 0 Å². The number of carboxylic acids is 1. The summed E-state index contributed by atoms with van der Waals surface area (Å²) in [5.74, 6) is -1.63. The lowest BCUT2D eigenvalue weighted by atomic mass is 9.95. The molecule has 1 amide bonds. The Bertz CT molecular complexity index is 442. The topological polar surface area (TPSA) is 66.4 Å². The summed E-state index contributed by atoms with van der Waals surface area (Å²) < 4.78 is 0. The number of hydrogen-bond donors (Lipinski definition) is 2. The molecule has 0 saturated carbocycles. The maximum atomic E-state index is 12.2. The highest BCUT2D eigenvalue weighted by molar-refractivity contribution is 5.88. The van der Waals surface area contributed by atoms with Crippen LogP contribution in [0.2, 0.25) is 0 Å². The van der Waals surface area contributed by atoms with Gasteiger partial charge >= 0.3 is 5.97 Å². The second kappa shape index (κ2) is 7.36. The molecule has 0 radical (unpaired) electrons. The van der Waals surface area contributed by atoms with Crippen molar-refractivity contribution in [1.82, 2.24) is 5.32 Å². The van der Waals surface area contributed by atoms with Crippen molar-refractivity contribution >= 4 is 11.9 Å². The van der Waals surface area contributed by atoms with Gasteiger partial charge < -0.3 is 10.4 Å². The quantitative estimate of drug-likeness (QED) is 0.740. The maximum Gasteiger partial charge on any atom is 0.326 e. The van der Waals surface area contributed by atoms with E-state index in [1.807, 2.05) is 37.3 Å². The molecule has 2 atom stereocenters. The fraction of sp³-hybridized carbons (Fsp3) is 0.333. The summed E-state index contributed by atoms with van der Waals surface area (Å²) in [4.78, 5) is 23.2. The van der Waals surface area contributed by atoms with Crippen LogP contribution in [-0.4, -0.2) is 23.0 Å². The van der Waals surface area contributed by atoms with E-state index in [0.717, 1.165) is 5.56 Å². The predicted octanol–water partition coefficient (Wildman–Crippen LogP) is 2.33. The molecule has 102 valence electrons. The Morgan fingerprint density at radius 1 is 1.37 bits per heavy atom. The largest absolute Gasteiger partial charge is 0.480 e. The Hall–Kier alpha value is -2.10. The SMILES string of the molecule is C=CCC(NC(=O)C(CC)c1ccccc1)C(=O)O. The number of carbonyl (C=O) groups excluding carboxylic acids is 1. The van der Waals surface area contributed by atoms with Crippen LogP contribution in [0, 0.1) is 0 Å². The van der Waals surface area contributed by atoms with Crippen LogP contribution in [0.1, 0.15) is 31.2 Å². The molecule has 0 heterocycles. The number of carboxylic acid groups (broad SMARTS) is 1. The first-order valence-corrected chi connectivity index (χ1v) is 6.29. The minimum Gasteiger partial charge on any atom is -0.480 e. The van der Waals surface area contributed by atoms with Crippen molar-refractivity contribution in [3.05, 3.63) is 48.6 Å². The highest BCUT2D eigenvalue weighted by atomic mass is 16.4. The lowest BCUT2D eigenvalue weighted by Crippen LogP contribution is -2.42. The monoisotopic (exact) mass is 261 g/mol. The van der Waals surface area contributed by atoms with Crippen LogP contribution in [0.3, 0.4) is 0 Å². The van der Waals surface area contributed by atoms with E-state index in [-0.39, 0.29) is 18.2 Å². The number of carbonyl (C=O) groups is 2. The normalized spacial score (nSPS) is 13.3. The maximum absolute atomic E-state index is 12.2. The van der Waals surface area contributed by atoms with Gasteiger partial charge in [-0.25, -0.2) is 4.79 Å². The summed E-state index contributed by atoms with van der Waals surface area (Å²) in [7, 11) is 0. The lowest BCUT2D eigenvalue weighted by Gasteiger charge is -2.19. The van der Waals surface area contributed by atoms with Crippen LogP contribution in [-0.2, 0) is 9.59 Å². The molecule has 0 aliphatic rings. The molecule has 0 bridgehead atoms. The molecule has 1 rings (SSSR count). The van der Waals surface area contributed by atoms with Gasteiger partial charge in [-0.3, -0.25) is 4.79 Å². The highest BCUT2D eigenvalue weighted by Gasteiger charge is 2.24. The number of aliphatic carboxylic acids is 1. The molecule has 0 aliphatic carbocycles. The van der Waals surface area contributed by atoms with Gasteiger partial charge in [0.1, 0.15) is 6.04 Å².